The molecule has 1 heterocycles. The van der Waals surface area contributed by atoms with Crippen molar-refractivity contribution in [3.05, 3.63) is 29.8 Å². The van der Waals surface area contributed by atoms with Crippen LogP contribution in [0.3, 0.4) is 0 Å². The first kappa shape index (κ1) is 18.3. The van der Waals surface area contributed by atoms with Gasteiger partial charge in [-0.1, -0.05) is 31.0 Å². The van der Waals surface area contributed by atoms with Gasteiger partial charge in [0.05, 0.1) is 0 Å². The second-order valence-electron chi connectivity index (χ2n) is 6.69. The minimum atomic E-state index is 0.942. The predicted octanol–water partition coefficient (Wildman–Crippen LogP) is 4.10. The molecule has 1 saturated heterocycles. The third kappa shape index (κ3) is 6.92. The summed E-state index contributed by atoms with van der Waals surface area (Å²) >= 11 is 0. The van der Waals surface area contributed by atoms with Crippen LogP contribution in [0, 0.1) is 6.92 Å². The highest BCUT2D eigenvalue weighted by molar-refractivity contribution is 5.47. The molecule has 0 aliphatic carbocycles. The molecule has 3 nitrogen and oxygen atoms in total. The second-order valence-corrected chi connectivity index (χ2v) is 6.69. The summed E-state index contributed by atoms with van der Waals surface area (Å²) < 4.78 is 5.62. The van der Waals surface area contributed by atoms with Gasteiger partial charge in [0.15, 0.2) is 0 Å². The average molecular weight is 319 g/mol. The third-order valence-electron chi connectivity index (χ3n) is 4.68. The van der Waals surface area contributed by atoms with Crippen molar-refractivity contribution in [1.82, 2.24) is 4.90 Å². The van der Waals surface area contributed by atoms with E-state index in [1.54, 1.807) is 0 Å². The van der Waals surface area contributed by atoms with Crippen LogP contribution in [0.2, 0.25) is 0 Å². The summed E-state index contributed by atoms with van der Waals surface area (Å²) in [5.41, 5.74) is 2.71. The van der Waals surface area contributed by atoms with Gasteiger partial charge in [-0.15, -0.1) is 0 Å². The largest absolute Gasteiger partial charge is 0.381 e. The van der Waals surface area contributed by atoms with Crippen molar-refractivity contribution < 1.29 is 4.74 Å². The van der Waals surface area contributed by atoms with Gasteiger partial charge >= 0.3 is 0 Å². The van der Waals surface area contributed by atoms with Gasteiger partial charge in [-0.3, -0.25) is 4.90 Å². The van der Waals surface area contributed by atoms with Crippen molar-refractivity contribution in [2.45, 2.75) is 46.0 Å². The van der Waals surface area contributed by atoms with E-state index in [1.165, 1.54) is 63.0 Å². The van der Waals surface area contributed by atoms with Gasteiger partial charge in [-0.05, 0) is 51.3 Å². The smallest absolute Gasteiger partial charge is 0.0466 e. The van der Waals surface area contributed by atoms with E-state index in [-0.39, 0.29) is 0 Å². The fourth-order valence-corrected chi connectivity index (χ4v) is 3.05. The summed E-state index contributed by atoms with van der Waals surface area (Å²) in [7, 11) is 0. The normalized spacial score (nSPS) is 16.0. The predicted molar refractivity (Wildman–Crippen MR) is 99.4 cm³/mol. The van der Waals surface area contributed by atoms with Crippen LogP contribution in [0.4, 0.5) is 5.69 Å². The van der Waals surface area contributed by atoms with Crippen molar-refractivity contribution in [3.63, 3.8) is 0 Å². The quantitative estimate of drug-likeness (QED) is 0.604. The lowest BCUT2D eigenvalue weighted by molar-refractivity contribution is 0.126. The first-order valence-corrected chi connectivity index (χ1v) is 9.41. The fourth-order valence-electron chi connectivity index (χ4n) is 3.05. The molecule has 1 aromatic rings. The van der Waals surface area contributed by atoms with Crippen LogP contribution in [-0.2, 0) is 4.74 Å². The van der Waals surface area contributed by atoms with Gasteiger partial charge in [0, 0.05) is 45.1 Å². The standard InChI is InChI=1S/C20H34N2O/c1-3-4-17-23-18-7-5-6-12-21-13-15-22(16-14-21)20-10-8-19(2)9-11-20/h8-11H,3-7,12-18H2,1-2H3. The van der Waals surface area contributed by atoms with E-state index in [1.807, 2.05) is 0 Å². The highest BCUT2D eigenvalue weighted by Gasteiger charge is 2.16. The van der Waals surface area contributed by atoms with E-state index in [0.717, 1.165) is 26.3 Å². The first-order chi connectivity index (χ1) is 11.3. The maximum absolute atomic E-state index is 5.62. The number of ether oxygens (including phenoxy) is 1. The highest BCUT2D eigenvalue weighted by Crippen LogP contribution is 2.17. The van der Waals surface area contributed by atoms with Crippen LogP contribution in [0.1, 0.15) is 44.6 Å². The molecular weight excluding hydrogens is 284 g/mol. The van der Waals surface area contributed by atoms with Gasteiger partial charge in [0.25, 0.3) is 0 Å². The Labute approximate surface area is 142 Å². The average Bonchev–Trinajstić information content (AvgIpc) is 2.59. The summed E-state index contributed by atoms with van der Waals surface area (Å²) in [6.07, 6.45) is 6.25. The van der Waals surface area contributed by atoms with Gasteiger partial charge in [0.1, 0.15) is 0 Å². The summed E-state index contributed by atoms with van der Waals surface area (Å²) in [6.45, 7) is 12.2. The molecule has 1 aromatic carbocycles. The molecule has 0 aromatic heterocycles. The SMILES string of the molecule is CCCCOCCCCCN1CCN(c2ccc(C)cc2)CC1. The Balaban J connectivity index is 1.52. The lowest BCUT2D eigenvalue weighted by Gasteiger charge is -2.36. The van der Waals surface area contributed by atoms with Crippen LogP contribution >= 0.6 is 0 Å². The number of piperazine rings is 1. The number of rotatable bonds is 10. The van der Waals surface area contributed by atoms with Crippen LogP contribution in [-0.4, -0.2) is 50.8 Å². The van der Waals surface area contributed by atoms with Crippen molar-refractivity contribution in [3.8, 4) is 0 Å². The van der Waals surface area contributed by atoms with E-state index in [0.29, 0.717) is 0 Å². The monoisotopic (exact) mass is 318 g/mol. The number of unbranched alkanes of at least 4 members (excludes halogenated alkanes) is 3. The summed E-state index contributed by atoms with van der Waals surface area (Å²) in [5, 5.41) is 0. The van der Waals surface area contributed by atoms with Gasteiger partial charge < -0.3 is 9.64 Å². The van der Waals surface area contributed by atoms with Gasteiger partial charge in [-0.25, -0.2) is 0 Å². The maximum Gasteiger partial charge on any atom is 0.0466 e. The van der Waals surface area contributed by atoms with E-state index in [2.05, 4.69) is 47.9 Å². The van der Waals surface area contributed by atoms with Crippen LogP contribution in [0.15, 0.2) is 24.3 Å². The molecule has 0 N–H and O–H groups in total. The number of anilines is 1. The molecule has 2 rings (SSSR count). The minimum Gasteiger partial charge on any atom is -0.381 e. The Kier molecular flexibility index (Phi) is 8.48. The van der Waals surface area contributed by atoms with E-state index < -0.39 is 0 Å². The number of hydrogen-bond acceptors (Lipinski definition) is 3. The molecule has 0 atom stereocenters. The van der Waals surface area contributed by atoms with Crippen molar-refractivity contribution >= 4 is 5.69 Å². The van der Waals surface area contributed by atoms with Crippen molar-refractivity contribution in [2.75, 3.05) is 50.8 Å². The van der Waals surface area contributed by atoms with Crippen LogP contribution < -0.4 is 4.90 Å². The number of hydrogen-bond donors (Lipinski definition) is 0. The Morgan fingerprint density at radius 1 is 0.870 bits per heavy atom. The summed E-state index contributed by atoms with van der Waals surface area (Å²) in [4.78, 5) is 5.13. The second kappa shape index (κ2) is 10.7. The molecule has 130 valence electrons. The molecule has 3 heteroatoms. The van der Waals surface area contributed by atoms with Gasteiger partial charge in [0.2, 0.25) is 0 Å². The lowest BCUT2D eigenvalue weighted by atomic mass is 10.2. The van der Waals surface area contributed by atoms with E-state index >= 15 is 0 Å². The molecular formula is C20H34N2O. The zero-order chi connectivity index (χ0) is 16.3. The molecule has 0 unspecified atom stereocenters. The molecule has 0 amide bonds. The maximum atomic E-state index is 5.62. The summed E-state index contributed by atoms with van der Waals surface area (Å²) in [5.74, 6) is 0. The Morgan fingerprint density at radius 2 is 1.57 bits per heavy atom. The first-order valence-electron chi connectivity index (χ1n) is 9.41. The van der Waals surface area contributed by atoms with Crippen molar-refractivity contribution in [2.24, 2.45) is 0 Å². The molecule has 0 saturated carbocycles. The lowest BCUT2D eigenvalue weighted by Crippen LogP contribution is -2.46. The number of aryl methyl sites for hydroxylation is 1. The zero-order valence-corrected chi connectivity index (χ0v) is 15.1. The Morgan fingerprint density at radius 3 is 2.26 bits per heavy atom. The number of nitrogens with zero attached hydrogens (tertiary/aromatic N) is 2. The molecule has 1 fully saturated rings. The van der Waals surface area contributed by atoms with Gasteiger partial charge in [-0.2, -0.15) is 0 Å². The highest BCUT2D eigenvalue weighted by atomic mass is 16.5. The van der Waals surface area contributed by atoms with E-state index in [4.69, 9.17) is 4.74 Å². The fraction of sp³-hybridized carbons (Fsp3) is 0.700. The molecule has 1 aliphatic rings. The summed E-state index contributed by atoms with van der Waals surface area (Å²) in [6, 6.07) is 8.93. The molecule has 0 spiro atoms. The van der Waals surface area contributed by atoms with Crippen LogP contribution in [0.25, 0.3) is 0 Å². The Bertz CT molecular complexity index is 410. The molecule has 0 radical (unpaired) electrons. The molecule has 23 heavy (non-hydrogen) atoms. The third-order valence-corrected chi connectivity index (χ3v) is 4.68. The van der Waals surface area contributed by atoms with Crippen LogP contribution in [0.5, 0.6) is 0 Å². The minimum absolute atomic E-state index is 0.942. The number of benzene rings is 1. The van der Waals surface area contributed by atoms with E-state index in [9.17, 15) is 0 Å². The topological polar surface area (TPSA) is 15.7 Å². The van der Waals surface area contributed by atoms with Crippen molar-refractivity contribution in [1.29, 1.82) is 0 Å². The zero-order valence-electron chi connectivity index (χ0n) is 15.1. The Hall–Kier alpha value is -1.06. The molecule has 1 aliphatic heterocycles. The molecule has 0 bridgehead atoms.